The van der Waals surface area contributed by atoms with Gasteiger partial charge in [0.25, 0.3) is 0 Å². The molecule has 0 nitrogen and oxygen atoms in total. The second kappa shape index (κ2) is 4.89. The maximum absolute atomic E-state index is 2.32. The van der Waals surface area contributed by atoms with Crippen molar-refractivity contribution in [3.05, 3.63) is 47.6 Å². The first-order valence-corrected chi connectivity index (χ1v) is 6.58. The third kappa shape index (κ3) is 2.66. The largest absolute Gasteiger partial charge is 0.147 e. The van der Waals surface area contributed by atoms with Gasteiger partial charge in [-0.3, -0.25) is 0 Å². The molecule has 2 unspecified atom stereocenters. The fourth-order valence-corrected chi connectivity index (χ4v) is 3.32. The molecule has 15 heavy (non-hydrogen) atoms. The van der Waals surface area contributed by atoms with Gasteiger partial charge in [0, 0.05) is 10.5 Å². The highest BCUT2D eigenvalue weighted by molar-refractivity contribution is 8.00. The Balaban J connectivity index is 1.86. The van der Waals surface area contributed by atoms with E-state index in [1.165, 1.54) is 0 Å². The smallest absolute Gasteiger partial charge is 0.0240 e. The minimum absolute atomic E-state index is 0.650. The van der Waals surface area contributed by atoms with Crippen molar-refractivity contribution in [3.8, 4) is 0 Å². The van der Waals surface area contributed by atoms with Crippen molar-refractivity contribution in [1.29, 1.82) is 0 Å². The summed E-state index contributed by atoms with van der Waals surface area (Å²) in [5.41, 5.74) is 3.14. The van der Waals surface area contributed by atoms with E-state index in [2.05, 4.69) is 62.1 Å². The van der Waals surface area contributed by atoms with E-state index in [1.54, 1.807) is 11.1 Å². The van der Waals surface area contributed by atoms with Crippen LogP contribution in [0.15, 0.2) is 47.6 Å². The molecule has 0 radical (unpaired) electrons. The standard InChI is InChI=1S/C14H18S/c1-11(13-7-3-4-8-13)15-12(2)14-9-5-6-10-14/h3-7,9,11-12H,8,10H2,1-2H3. The Bertz CT molecular complexity index is 310. The van der Waals surface area contributed by atoms with E-state index in [0.29, 0.717) is 10.5 Å². The highest BCUT2D eigenvalue weighted by atomic mass is 32.2. The first-order chi connectivity index (χ1) is 7.27. The molecule has 0 aromatic heterocycles. The third-order valence-electron chi connectivity index (χ3n) is 3.05. The van der Waals surface area contributed by atoms with E-state index in [4.69, 9.17) is 0 Å². The number of rotatable bonds is 4. The molecule has 1 heteroatoms. The van der Waals surface area contributed by atoms with E-state index in [9.17, 15) is 0 Å². The van der Waals surface area contributed by atoms with Crippen LogP contribution in [-0.4, -0.2) is 10.5 Å². The zero-order valence-corrected chi connectivity index (χ0v) is 10.3. The summed E-state index contributed by atoms with van der Waals surface area (Å²) in [6.07, 6.45) is 15.7. The first kappa shape index (κ1) is 10.8. The maximum Gasteiger partial charge on any atom is 0.0240 e. The fraction of sp³-hybridized carbons (Fsp3) is 0.429. The van der Waals surface area contributed by atoms with E-state index < -0.39 is 0 Å². The number of allylic oxidation sites excluding steroid dienone is 6. The van der Waals surface area contributed by atoms with Crippen LogP contribution in [0.3, 0.4) is 0 Å². The Morgan fingerprint density at radius 3 is 1.73 bits per heavy atom. The van der Waals surface area contributed by atoms with Crippen LogP contribution in [0.2, 0.25) is 0 Å². The van der Waals surface area contributed by atoms with Crippen molar-refractivity contribution in [2.75, 3.05) is 0 Å². The fourth-order valence-electron chi connectivity index (χ4n) is 2.01. The van der Waals surface area contributed by atoms with E-state index in [-0.39, 0.29) is 0 Å². The summed E-state index contributed by atoms with van der Waals surface area (Å²) in [6, 6.07) is 0. The zero-order chi connectivity index (χ0) is 10.7. The van der Waals surface area contributed by atoms with Gasteiger partial charge in [-0.15, -0.1) is 11.8 Å². The van der Waals surface area contributed by atoms with Gasteiger partial charge in [-0.25, -0.2) is 0 Å². The Morgan fingerprint density at radius 2 is 1.40 bits per heavy atom. The van der Waals surface area contributed by atoms with Gasteiger partial charge in [-0.1, -0.05) is 47.6 Å². The molecule has 2 aliphatic rings. The Kier molecular flexibility index (Phi) is 3.53. The molecular weight excluding hydrogens is 200 g/mol. The molecule has 2 aliphatic carbocycles. The summed E-state index contributed by atoms with van der Waals surface area (Å²) in [7, 11) is 0. The Labute approximate surface area is 96.8 Å². The van der Waals surface area contributed by atoms with E-state index in [1.807, 2.05) is 0 Å². The predicted octanol–water partition coefficient (Wildman–Crippen LogP) is 4.27. The van der Waals surface area contributed by atoms with Crippen LogP contribution in [0.5, 0.6) is 0 Å². The van der Waals surface area contributed by atoms with Crippen molar-refractivity contribution in [2.45, 2.75) is 37.2 Å². The quantitative estimate of drug-likeness (QED) is 0.679. The topological polar surface area (TPSA) is 0 Å². The van der Waals surface area contributed by atoms with Crippen molar-refractivity contribution in [3.63, 3.8) is 0 Å². The lowest BCUT2D eigenvalue weighted by Gasteiger charge is -2.19. The third-order valence-corrected chi connectivity index (χ3v) is 4.47. The van der Waals surface area contributed by atoms with Gasteiger partial charge in [0.1, 0.15) is 0 Å². The van der Waals surface area contributed by atoms with Crippen LogP contribution in [0.4, 0.5) is 0 Å². The zero-order valence-electron chi connectivity index (χ0n) is 9.44. The molecule has 0 aromatic rings. The molecule has 0 saturated heterocycles. The van der Waals surface area contributed by atoms with Crippen LogP contribution < -0.4 is 0 Å². The van der Waals surface area contributed by atoms with Crippen LogP contribution in [0.1, 0.15) is 26.7 Å². The van der Waals surface area contributed by atoms with Gasteiger partial charge in [0.15, 0.2) is 0 Å². The van der Waals surface area contributed by atoms with E-state index in [0.717, 1.165) is 12.8 Å². The number of thioether (sulfide) groups is 1. The monoisotopic (exact) mass is 218 g/mol. The predicted molar refractivity (Wildman–Crippen MR) is 70.2 cm³/mol. The summed E-state index contributed by atoms with van der Waals surface area (Å²) in [4.78, 5) is 0. The van der Waals surface area contributed by atoms with Gasteiger partial charge in [0.05, 0.1) is 0 Å². The lowest BCUT2D eigenvalue weighted by molar-refractivity contribution is 1.02. The number of hydrogen-bond donors (Lipinski definition) is 0. The Morgan fingerprint density at radius 1 is 0.933 bits per heavy atom. The average Bonchev–Trinajstić information content (AvgIpc) is 2.91. The summed E-state index contributed by atoms with van der Waals surface area (Å²) in [5.74, 6) is 0. The molecule has 0 bridgehead atoms. The van der Waals surface area contributed by atoms with Crippen LogP contribution in [0, 0.1) is 0 Å². The van der Waals surface area contributed by atoms with Crippen LogP contribution >= 0.6 is 11.8 Å². The van der Waals surface area contributed by atoms with Gasteiger partial charge in [0.2, 0.25) is 0 Å². The van der Waals surface area contributed by atoms with Gasteiger partial charge < -0.3 is 0 Å². The molecule has 0 aliphatic heterocycles. The van der Waals surface area contributed by atoms with Crippen molar-refractivity contribution < 1.29 is 0 Å². The second-order valence-electron chi connectivity index (χ2n) is 4.17. The normalized spacial score (nSPS) is 22.8. The average molecular weight is 218 g/mol. The molecule has 0 saturated carbocycles. The summed E-state index contributed by atoms with van der Waals surface area (Å²) < 4.78 is 0. The summed E-state index contributed by atoms with van der Waals surface area (Å²) >= 11 is 2.08. The van der Waals surface area contributed by atoms with Crippen molar-refractivity contribution in [2.24, 2.45) is 0 Å². The second-order valence-corrected chi connectivity index (χ2v) is 5.85. The molecule has 80 valence electrons. The molecule has 2 rings (SSSR count). The molecule has 0 aromatic carbocycles. The Hall–Kier alpha value is -0.690. The van der Waals surface area contributed by atoms with Gasteiger partial charge >= 0.3 is 0 Å². The highest BCUT2D eigenvalue weighted by Gasteiger charge is 2.17. The maximum atomic E-state index is 2.32. The molecule has 0 amide bonds. The molecular formula is C14H18S. The molecule has 0 N–H and O–H groups in total. The van der Waals surface area contributed by atoms with Crippen LogP contribution in [0.25, 0.3) is 0 Å². The number of hydrogen-bond acceptors (Lipinski definition) is 1. The van der Waals surface area contributed by atoms with Gasteiger partial charge in [-0.05, 0) is 26.7 Å². The molecule has 0 heterocycles. The summed E-state index contributed by atoms with van der Waals surface area (Å²) in [6.45, 7) is 4.64. The minimum Gasteiger partial charge on any atom is -0.147 e. The highest BCUT2D eigenvalue weighted by Crippen LogP contribution is 2.33. The summed E-state index contributed by atoms with van der Waals surface area (Å²) in [5, 5.41) is 1.30. The van der Waals surface area contributed by atoms with E-state index >= 15 is 0 Å². The molecule has 0 fully saturated rings. The van der Waals surface area contributed by atoms with Crippen molar-refractivity contribution in [1.82, 2.24) is 0 Å². The lowest BCUT2D eigenvalue weighted by Crippen LogP contribution is -2.08. The lowest BCUT2D eigenvalue weighted by atomic mass is 10.2. The van der Waals surface area contributed by atoms with Crippen molar-refractivity contribution >= 4 is 11.8 Å². The molecule has 2 atom stereocenters. The minimum atomic E-state index is 0.650. The van der Waals surface area contributed by atoms with Gasteiger partial charge in [-0.2, -0.15) is 0 Å². The van der Waals surface area contributed by atoms with Crippen LogP contribution in [-0.2, 0) is 0 Å². The SMILES string of the molecule is CC(SC(C)C1=CC=CC1)C1=CC=CC1. The first-order valence-electron chi connectivity index (χ1n) is 5.64. The molecule has 0 spiro atoms.